The van der Waals surface area contributed by atoms with Crippen LogP contribution in [-0.4, -0.2) is 31.4 Å². The highest BCUT2D eigenvalue weighted by Crippen LogP contribution is 2.31. The first kappa shape index (κ1) is 24.1. The number of carbonyl (C=O) groups is 1. The summed E-state index contributed by atoms with van der Waals surface area (Å²) in [5.74, 6) is 1.95. The summed E-state index contributed by atoms with van der Waals surface area (Å²) in [5.41, 5.74) is 5.09. The van der Waals surface area contributed by atoms with Crippen molar-refractivity contribution in [3.63, 3.8) is 0 Å². The predicted octanol–water partition coefficient (Wildman–Crippen LogP) is 5.97. The fraction of sp³-hybridized carbons (Fsp3) is 0.241. The van der Waals surface area contributed by atoms with Crippen LogP contribution in [0.25, 0.3) is 6.08 Å². The highest BCUT2D eigenvalue weighted by molar-refractivity contribution is 6.32. The van der Waals surface area contributed by atoms with Crippen LogP contribution in [0.2, 0.25) is 0 Å². The van der Waals surface area contributed by atoms with Gasteiger partial charge in [0.05, 0.1) is 23.6 Å². The van der Waals surface area contributed by atoms with E-state index >= 15 is 0 Å². The van der Waals surface area contributed by atoms with Crippen LogP contribution in [0.15, 0.2) is 77.4 Å². The van der Waals surface area contributed by atoms with Gasteiger partial charge in [-0.3, -0.25) is 4.79 Å². The topological polar surface area (TPSA) is 60.4 Å². The van der Waals surface area contributed by atoms with Crippen LogP contribution < -0.4 is 19.2 Å². The summed E-state index contributed by atoms with van der Waals surface area (Å²) in [6, 6.07) is 21.1. The van der Waals surface area contributed by atoms with Crippen molar-refractivity contribution in [3.8, 4) is 17.2 Å². The van der Waals surface area contributed by atoms with Crippen molar-refractivity contribution < 1.29 is 19.0 Å². The molecule has 0 unspecified atom stereocenters. The minimum Gasteiger partial charge on any atom is -0.490 e. The Bertz CT molecular complexity index is 1260. The molecule has 35 heavy (non-hydrogen) atoms. The normalized spacial score (nSPS) is 14.3. The number of para-hydroxylation sites is 1. The van der Waals surface area contributed by atoms with Gasteiger partial charge >= 0.3 is 0 Å². The number of nitrogens with zero attached hydrogens (tertiary/aromatic N) is 2. The van der Waals surface area contributed by atoms with Crippen LogP contribution >= 0.6 is 0 Å². The Morgan fingerprint density at radius 3 is 2.26 bits per heavy atom. The lowest BCUT2D eigenvalue weighted by Crippen LogP contribution is -2.21. The van der Waals surface area contributed by atoms with E-state index in [4.69, 9.17) is 14.2 Å². The SMILES string of the molecule is CCOc1cc(C=C2C(=O)N(c3ccccc3)N=C2C)ccc1OCCOc1ccc(C)cc1C. The largest absolute Gasteiger partial charge is 0.490 e. The molecule has 0 spiro atoms. The minimum atomic E-state index is -0.157. The van der Waals surface area contributed by atoms with Crippen LogP contribution in [0.1, 0.15) is 30.5 Å². The molecule has 6 nitrogen and oxygen atoms in total. The molecule has 1 aliphatic heterocycles. The molecule has 3 aromatic carbocycles. The first-order valence-electron chi connectivity index (χ1n) is 11.7. The van der Waals surface area contributed by atoms with Crippen molar-refractivity contribution in [2.45, 2.75) is 27.7 Å². The second-order valence-corrected chi connectivity index (χ2v) is 8.30. The molecule has 6 heteroatoms. The molecule has 1 amide bonds. The molecule has 0 aliphatic carbocycles. The molecule has 0 radical (unpaired) electrons. The summed E-state index contributed by atoms with van der Waals surface area (Å²) in [6.45, 7) is 9.15. The number of amides is 1. The van der Waals surface area contributed by atoms with Crippen LogP contribution in [-0.2, 0) is 4.79 Å². The van der Waals surface area contributed by atoms with Gasteiger partial charge in [-0.15, -0.1) is 0 Å². The lowest BCUT2D eigenvalue weighted by atomic mass is 10.1. The lowest BCUT2D eigenvalue weighted by molar-refractivity contribution is -0.114. The molecule has 1 heterocycles. The average Bonchev–Trinajstić information content (AvgIpc) is 3.13. The van der Waals surface area contributed by atoms with E-state index < -0.39 is 0 Å². The van der Waals surface area contributed by atoms with Gasteiger partial charge in [-0.25, -0.2) is 0 Å². The molecule has 1 aliphatic rings. The predicted molar refractivity (Wildman–Crippen MR) is 140 cm³/mol. The van der Waals surface area contributed by atoms with E-state index in [0.717, 1.165) is 22.6 Å². The number of hydrogen-bond donors (Lipinski definition) is 0. The smallest absolute Gasteiger partial charge is 0.280 e. The van der Waals surface area contributed by atoms with Gasteiger partial charge in [0.25, 0.3) is 5.91 Å². The standard InChI is InChI=1S/C29H30N2O4/c1-5-33-28-19-23(18-25-22(4)30-31(29(25)32)24-9-7-6-8-10-24)12-14-27(28)35-16-15-34-26-13-11-20(2)17-21(26)3/h6-14,17-19H,5,15-16H2,1-4H3. The lowest BCUT2D eigenvalue weighted by Gasteiger charge is -2.14. The van der Waals surface area contributed by atoms with E-state index in [9.17, 15) is 4.79 Å². The molecular weight excluding hydrogens is 440 g/mol. The van der Waals surface area contributed by atoms with E-state index in [1.165, 1.54) is 10.6 Å². The number of carbonyl (C=O) groups excluding carboxylic acids is 1. The Balaban J connectivity index is 1.44. The Morgan fingerprint density at radius 2 is 1.54 bits per heavy atom. The third-order valence-electron chi connectivity index (χ3n) is 5.57. The molecule has 4 rings (SSSR count). The Kier molecular flexibility index (Phi) is 7.51. The van der Waals surface area contributed by atoms with E-state index in [2.05, 4.69) is 18.1 Å². The van der Waals surface area contributed by atoms with Gasteiger partial charge < -0.3 is 14.2 Å². The van der Waals surface area contributed by atoms with Crippen molar-refractivity contribution in [2.24, 2.45) is 5.10 Å². The van der Waals surface area contributed by atoms with Crippen molar-refractivity contribution in [2.75, 3.05) is 24.8 Å². The maximum Gasteiger partial charge on any atom is 0.280 e. The fourth-order valence-electron chi connectivity index (χ4n) is 3.86. The molecule has 0 atom stereocenters. The molecule has 3 aromatic rings. The van der Waals surface area contributed by atoms with Crippen molar-refractivity contribution in [1.29, 1.82) is 0 Å². The Hall–Kier alpha value is -4.06. The quantitative estimate of drug-likeness (QED) is 0.286. The zero-order valence-corrected chi connectivity index (χ0v) is 20.6. The first-order valence-corrected chi connectivity index (χ1v) is 11.7. The molecule has 0 N–H and O–H groups in total. The third-order valence-corrected chi connectivity index (χ3v) is 5.57. The van der Waals surface area contributed by atoms with Gasteiger partial charge in [-0.2, -0.15) is 10.1 Å². The van der Waals surface area contributed by atoms with Gasteiger partial charge in [0, 0.05) is 0 Å². The summed E-state index contributed by atoms with van der Waals surface area (Å²) in [5, 5.41) is 5.87. The molecule has 0 fully saturated rings. The molecule has 0 aromatic heterocycles. The highest BCUT2D eigenvalue weighted by Gasteiger charge is 2.28. The van der Waals surface area contributed by atoms with Crippen molar-refractivity contribution in [3.05, 3.63) is 89.0 Å². The van der Waals surface area contributed by atoms with Crippen molar-refractivity contribution >= 4 is 23.4 Å². The number of anilines is 1. The summed E-state index contributed by atoms with van der Waals surface area (Å²) in [7, 11) is 0. The minimum absolute atomic E-state index is 0.157. The van der Waals surface area contributed by atoms with Crippen LogP contribution in [0.3, 0.4) is 0 Å². The van der Waals surface area contributed by atoms with Gasteiger partial charge in [0.15, 0.2) is 11.5 Å². The maximum absolute atomic E-state index is 13.0. The highest BCUT2D eigenvalue weighted by atomic mass is 16.5. The number of hydrazone groups is 1. The van der Waals surface area contributed by atoms with Crippen LogP contribution in [0.4, 0.5) is 5.69 Å². The number of rotatable bonds is 9. The van der Waals surface area contributed by atoms with Gasteiger partial charge in [-0.1, -0.05) is 42.0 Å². The third kappa shape index (κ3) is 5.72. The molecule has 0 saturated heterocycles. The summed E-state index contributed by atoms with van der Waals surface area (Å²) >= 11 is 0. The molecule has 180 valence electrons. The zero-order valence-electron chi connectivity index (χ0n) is 20.6. The van der Waals surface area contributed by atoms with E-state index in [1.807, 2.05) is 87.5 Å². The van der Waals surface area contributed by atoms with E-state index in [0.29, 0.717) is 42.6 Å². The monoisotopic (exact) mass is 470 g/mol. The fourth-order valence-corrected chi connectivity index (χ4v) is 3.86. The van der Waals surface area contributed by atoms with Gasteiger partial charge in [-0.05, 0) is 75.2 Å². The zero-order chi connectivity index (χ0) is 24.8. The van der Waals surface area contributed by atoms with Crippen molar-refractivity contribution in [1.82, 2.24) is 0 Å². The second kappa shape index (κ2) is 10.9. The van der Waals surface area contributed by atoms with E-state index in [1.54, 1.807) is 0 Å². The maximum atomic E-state index is 13.0. The number of aryl methyl sites for hydroxylation is 2. The Morgan fingerprint density at radius 1 is 0.829 bits per heavy atom. The number of ether oxygens (including phenoxy) is 3. The van der Waals surface area contributed by atoms with Crippen LogP contribution in [0.5, 0.6) is 17.2 Å². The van der Waals surface area contributed by atoms with Gasteiger partial charge in [0.1, 0.15) is 19.0 Å². The molecule has 0 bridgehead atoms. The summed E-state index contributed by atoms with van der Waals surface area (Å²) < 4.78 is 17.6. The number of benzene rings is 3. The summed E-state index contributed by atoms with van der Waals surface area (Å²) in [6.07, 6.45) is 1.83. The van der Waals surface area contributed by atoms with E-state index in [-0.39, 0.29) is 5.91 Å². The summed E-state index contributed by atoms with van der Waals surface area (Å²) in [4.78, 5) is 13.0. The van der Waals surface area contributed by atoms with Gasteiger partial charge in [0.2, 0.25) is 0 Å². The number of hydrogen-bond acceptors (Lipinski definition) is 5. The average molecular weight is 471 g/mol. The Labute approximate surface area is 206 Å². The first-order chi connectivity index (χ1) is 17.0. The van der Waals surface area contributed by atoms with Crippen LogP contribution in [0, 0.1) is 13.8 Å². The second-order valence-electron chi connectivity index (χ2n) is 8.30. The molecular formula is C29H30N2O4. The molecule has 0 saturated carbocycles.